The van der Waals surface area contributed by atoms with Crippen LogP contribution in [-0.4, -0.2) is 37.7 Å². The van der Waals surface area contributed by atoms with Crippen molar-refractivity contribution in [2.75, 3.05) is 26.4 Å². The minimum Gasteiger partial charge on any atom is -0.491 e. The zero-order valence-electron chi connectivity index (χ0n) is 19.3. The average molecular weight is 453 g/mol. The average Bonchev–Trinajstić information content (AvgIpc) is 2.89. The van der Waals surface area contributed by atoms with Gasteiger partial charge in [-0.1, -0.05) is 76.8 Å². The first kappa shape index (κ1) is 22.2. The first-order valence-corrected chi connectivity index (χ1v) is 14.2. The van der Waals surface area contributed by atoms with Gasteiger partial charge in [0.25, 0.3) is 0 Å². The summed E-state index contributed by atoms with van der Waals surface area (Å²) >= 11 is 0. The maximum atomic E-state index is 6.37. The van der Waals surface area contributed by atoms with Crippen molar-refractivity contribution in [1.82, 2.24) is 0 Å². The maximum Gasteiger partial charge on any atom is 0.128 e. The minimum absolute atomic E-state index is 0.241. The van der Waals surface area contributed by atoms with E-state index in [0.29, 0.717) is 26.4 Å². The second kappa shape index (κ2) is 11.0. The van der Waals surface area contributed by atoms with Gasteiger partial charge in [0.05, 0.1) is 13.2 Å². The van der Waals surface area contributed by atoms with Crippen LogP contribution in [-0.2, 0) is 4.74 Å². The van der Waals surface area contributed by atoms with E-state index in [2.05, 4.69) is 42.5 Å². The molecule has 0 bridgehead atoms. The van der Waals surface area contributed by atoms with Crippen LogP contribution < -0.4 is 14.8 Å². The molecule has 2 saturated carbocycles. The summed E-state index contributed by atoms with van der Waals surface area (Å²) in [5.41, 5.74) is 4.19. The smallest absolute Gasteiger partial charge is 0.128 e. The van der Waals surface area contributed by atoms with Crippen molar-refractivity contribution in [1.29, 1.82) is 0 Å². The lowest BCUT2D eigenvalue weighted by atomic mass is 9.99. The standard InChI is InChI=1S/C28H37O3P/c1-3-10-22(11-4-1)32(23-12-5-2-6-13-23)27-17-9-16-26-28(27)24-14-7-8-15-25(24)30-20-18-29-19-21-31-26/h7-9,14-17,22-23H,1-6,10-13,18-21H2. The van der Waals surface area contributed by atoms with Gasteiger partial charge in [-0.15, -0.1) is 0 Å². The number of hydrogen-bond donors (Lipinski definition) is 0. The zero-order valence-corrected chi connectivity index (χ0v) is 20.2. The van der Waals surface area contributed by atoms with Crippen LogP contribution in [0.3, 0.4) is 0 Å². The van der Waals surface area contributed by atoms with Crippen LogP contribution in [0, 0.1) is 0 Å². The van der Waals surface area contributed by atoms with Crippen LogP contribution >= 0.6 is 7.92 Å². The van der Waals surface area contributed by atoms with Crippen molar-refractivity contribution in [2.45, 2.75) is 75.5 Å². The Morgan fingerprint density at radius 2 is 1.19 bits per heavy atom. The van der Waals surface area contributed by atoms with Crippen LogP contribution in [0.25, 0.3) is 11.1 Å². The van der Waals surface area contributed by atoms with Crippen molar-refractivity contribution < 1.29 is 14.2 Å². The highest BCUT2D eigenvalue weighted by Crippen LogP contribution is 2.57. The molecule has 1 aliphatic heterocycles. The molecule has 2 aromatic carbocycles. The third-order valence-corrected chi connectivity index (χ3v) is 10.9. The topological polar surface area (TPSA) is 27.7 Å². The lowest BCUT2D eigenvalue weighted by Gasteiger charge is -2.40. The number of fused-ring (bicyclic) bond motifs is 3. The molecule has 172 valence electrons. The van der Waals surface area contributed by atoms with Gasteiger partial charge in [0.2, 0.25) is 0 Å². The molecule has 5 rings (SSSR count). The highest BCUT2D eigenvalue weighted by molar-refractivity contribution is 7.67. The van der Waals surface area contributed by atoms with Crippen LogP contribution in [0.15, 0.2) is 42.5 Å². The van der Waals surface area contributed by atoms with E-state index in [1.54, 1.807) is 5.30 Å². The van der Waals surface area contributed by atoms with Crippen LogP contribution in [0.2, 0.25) is 0 Å². The van der Waals surface area contributed by atoms with E-state index in [-0.39, 0.29) is 7.92 Å². The van der Waals surface area contributed by atoms with Crippen molar-refractivity contribution in [3.8, 4) is 22.6 Å². The second-order valence-corrected chi connectivity index (χ2v) is 12.2. The predicted octanol–water partition coefficient (Wildman–Crippen LogP) is 6.91. The minimum atomic E-state index is -0.241. The molecule has 3 aliphatic rings. The number of rotatable bonds is 3. The Kier molecular flexibility index (Phi) is 7.67. The molecule has 4 heteroatoms. The summed E-state index contributed by atoms with van der Waals surface area (Å²) in [5, 5.41) is 1.56. The van der Waals surface area contributed by atoms with Crippen molar-refractivity contribution in [3.63, 3.8) is 0 Å². The van der Waals surface area contributed by atoms with Gasteiger partial charge in [0.15, 0.2) is 0 Å². The Balaban J connectivity index is 1.64. The van der Waals surface area contributed by atoms with Gasteiger partial charge in [-0.3, -0.25) is 0 Å². The maximum absolute atomic E-state index is 6.37. The molecule has 2 fully saturated rings. The van der Waals surface area contributed by atoms with Gasteiger partial charge in [-0.2, -0.15) is 0 Å². The molecular weight excluding hydrogens is 415 g/mol. The first-order chi connectivity index (χ1) is 15.9. The van der Waals surface area contributed by atoms with Gasteiger partial charge in [0, 0.05) is 11.1 Å². The van der Waals surface area contributed by atoms with Gasteiger partial charge in [-0.25, -0.2) is 0 Å². The molecule has 32 heavy (non-hydrogen) atoms. The zero-order chi connectivity index (χ0) is 21.6. The van der Waals surface area contributed by atoms with E-state index < -0.39 is 0 Å². The third kappa shape index (κ3) is 5.00. The van der Waals surface area contributed by atoms with Gasteiger partial charge in [0.1, 0.15) is 24.7 Å². The normalized spacial score (nSPS) is 21.0. The number of benzene rings is 2. The number of hydrogen-bond acceptors (Lipinski definition) is 3. The summed E-state index contributed by atoms with van der Waals surface area (Å²) < 4.78 is 18.3. The quantitative estimate of drug-likeness (QED) is 0.474. The van der Waals surface area contributed by atoms with E-state index in [0.717, 1.165) is 22.8 Å². The molecule has 0 unspecified atom stereocenters. The molecule has 1 heterocycles. The van der Waals surface area contributed by atoms with E-state index in [1.165, 1.54) is 75.3 Å². The Hall–Kier alpha value is -1.57. The Labute approximate surface area is 194 Å². The molecule has 0 atom stereocenters. The first-order valence-electron chi connectivity index (χ1n) is 12.8. The summed E-state index contributed by atoms with van der Waals surface area (Å²) in [6.45, 7) is 2.36. The molecule has 0 spiro atoms. The summed E-state index contributed by atoms with van der Waals surface area (Å²) in [4.78, 5) is 0. The van der Waals surface area contributed by atoms with Gasteiger partial charge in [-0.05, 0) is 54.4 Å². The fourth-order valence-electron chi connectivity index (χ4n) is 5.86. The lowest BCUT2D eigenvalue weighted by molar-refractivity contribution is 0.0775. The second-order valence-electron chi connectivity index (χ2n) is 9.45. The van der Waals surface area contributed by atoms with Gasteiger partial charge < -0.3 is 14.2 Å². The fourth-order valence-corrected chi connectivity index (χ4v) is 9.83. The van der Waals surface area contributed by atoms with E-state index in [1.807, 2.05) is 0 Å². The monoisotopic (exact) mass is 452 g/mol. The van der Waals surface area contributed by atoms with Gasteiger partial charge >= 0.3 is 0 Å². The van der Waals surface area contributed by atoms with Crippen molar-refractivity contribution >= 4 is 13.2 Å². The van der Waals surface area contributed by atoms with E-state index in [4.69, 9.17) is 14.2 Å². The molecule has 0 amide bonds. The molecule has 2 aromatic rings. The van der Waals surface area contributed by atoms with Crippen LogP contribution in [0.5, 0.6) is 11.5 Å². The Morgan fingerprint density at radius 3 is 1.88 bits per heavy atom. The summed E-state index contributed by atoms with van der Waals surface area (Å²) in [6, 6.07) is 15.4. The molecule has 2 aliphatic carbocycles. The van der Waals surface area contributed by atoms with E-state index >= 15 is 0 Å². The SMILES string of the molecule is c1ccc2c(c1)OCCOCCOc1cccc(P(C3CCCCC3)C3CCCCC3)c1-2. The third-order valence-electron chi connectivity index (χ3n) is 7.35. The molecule has 0 aromatic heterocycles. The van der Waals surface area contributed by atoms with Crippen molar-refractivity contribution in [3.05, 3.63) is 42.5 Å². The largest absolute Gasteiger partial charge is 0.491 e. The lowest BCUT2D eigenvalue weighted by Crippen LogP contribution is -2.27. The van der Waals surface area contributed by atoms with Crippen molar-refractivity contribution in [2.24, 2.45) is 0 Å². The number of ether oxygens (including phenoxy) is 3. The molecule has 0 N–H and O–H groups in total. The molecule has 3 nitrogen and oxygen atoms in total. The molecule has 0 radical (unpaired) electrons. The highest BCUT2D eigenvalue weighted by atomic mass is 31.1. The highest BCUT2D eigenvalue weighted by Gasteiger charge is 2.35. The fraction of sp³-hybridized carbons (Fsp3) is 0.571. The molecule has 0 saturated heterocycles. The van der Waals surface area contributed by atoms with Crippen LogP contribution in [0.1, 0.15) is 64.2 Å². The summed E-state index contributed by atoms with van der Waals surface area (Å²) in [7, 11) is -0.241. The summed E-state index contributed by atoms with van der Waals surface area (Å²) in [5.74, 6) is 1.96. The van der Waals surface area contributed by atoms with Crippen LogP contribution in [0.4, 0.5) is 0 Å². The Bertz CT molecular complexity index is 853. The number of para-hydroxylation sites is 1. The summed E-state index contributed by atoms with van der Waals surface area (Å²) in [6.07, 6.45) is 14.0. The predicted molar refractivity (Wildman–Crippen MR) is 134 cm³/mol. The Morgan fingerprint density at radius 1 is 0.594 bits per heavy atom. The van der Waals surface area contributed by atoms with E-state index in [9.17, 15) is 0 Å². The molecular formula is C28H37O3P.